The van der Waals surface area contributed by atoms with Crippen LogP contribution in [-0.4, -0.2) is 70.8 Å². The Morgan fingerprint density at radius 3 is 2.41 bits per heavy atom. The highest BCUT2D eigenvalue weighted by Gasteiger charge is 2.47. The van der Waals surface area contributed by atoms with Gasteiger partial charge in [0, 0.05) is 26.4 Å². The SMILES string of the molecule is CCCCNc1ncnc2c1ncn2C1OC(COCCC)C(OCCC)C1OCCC. The fourth-order valence-electron chi connectivity index (χ4n) is 3.85. The minimum absolute atomic E-state index is 0.218. The molecule has 0 aliphatic carbocycles. The predicted octanol–water partition coefficient (Wildman–Crippen LogP) is 3.95. The first kappa shape index (κ1) is 24.8. The van der Waals surface area contributed by atoms with E-state index in [1.807, 2.05) is 4.57 Å². The first-order chi connectivity index (χ1) is 15.7. The lowest BCUT2D eigenvalue weighted by Crippen LogP contribution is -2.39. The summed E-state index contributed by atoms with van der Waals surface area (Å²) in [5.41, 5.74) is 1.46. The molecule has 0 bridgehead atoms. The average molecular weight is 450 g/mol. The highest BCUT2D eigenvalue weighted by Crippen LogP contribution is 2.36. The summed E-state index contributed by atoms with van der Waals surface area (Å²) in [6.45, 7) is 11.8. The van der Waals surface area contributed by atoms with Crippen molar-refractivity contribution in [1.29, 1.82) is 0 Å². The minimum Gasteiger partial charge on any atom is -0.379 e. The quantitative estimate of drug-likeness (QED) is 0.409. The summed E-state index contributed by atoms with van der Waals surface area (Å²) in [5.74, 6) is 0.743. The van der Waals surface area contributed by atoms with E-state index < -0.39 is 6.23 Å². The molecule has 1 saturated heterocycles. The number of aromatic nitrogens is 4. The Balaban J connectivity index is 1.88. The number of ether oxygens (including phenoxy) is 4. The molecule has 0 saturated carbocycles. The number of nitrogens with one attached hydrogen (secondary N) is 1. The van der Waals surface area contributed by atoms with Gasteiger partial charge in [-0.15, -0.1) is 0 Å². The normalized spacial score (nSPS) is 23.2. The van der Waals surface area contributed by atoms with E-state index in [9.17, 15) is 0 Å². The summed E-state index contributed by atoms with van der Waals surface area (Å²) in [6, 6.07) is 0. The molecule has 3 rings (SSSR count). The number of nitrogens with zero attached hydrogens (tertiary/aromatic N) is 4. The van der Waals surface area contributed by atoms with Crippen LogP contribution in [0, 0.1) is 0 Å². The Bertz CT molecular complexity index is 802. The van der Waals surface area contributed by atoms with Gasteiger partial charge in [-0.3, -0.25) is 4.57 Å². The van der Waals surface area contributed by atoms with E-state index in [0.29, 0.717) is 26.4 Å². The van der Waals surface area contributed by atoms with Crippen molar-refractivity contribution >= 4 is 17.0 Å². The molecule has 0 radical (unpaired) electrons. The fraction of sp³-hybridized carbons (Fsp3) is 0.783. The molecule has 0 aromatic carbocycles. The molecular formula is C23H39N5O4. The Hall–Kier alpha value is -1.81. The van der Waals surface area contributed by atoms with Crippen LogP contribution in [0.4, 0.5) is 5.82 Å². The highest BCUT2D eigenvalue weighted by molar-refractivity contribution is 5.82. The zero-order valence-corrected chi connectivity index (χ0v) is 20.0. The zero-order chi connectivity index (χ0) is 22.8. The highest BCUT2D eigenvalue weighted by atomic mass is 16.6. The monoisotopic (exact) mass is 449 g/mol. The van der Waals surface area contributed by atoms with Crippen molar-refractivity contribution in [3.8, 4) is 0 Å². The third-order valence-corrected chi connectivity index (χ3v) is 5.40. The number of unbranched alkanes of at least 4 members (excludes halogenated alkanes) is 1. The van der Waals surface area contributed by atoms with E-state index in [1.54, 1.807) is 12.7 Å². The largest absolute Gasteiger partial charge is 0.379 e. The van der Waals surface area contributed by atoms with Gasteiger partial charge in [-0.05, 0) is 25.7 Å². The molecule has 4 unspecified atom stereocenters. The number of imidazole rings is 1. The molecule has 2 aromatic rings. The summed E-state index contributed by atoms with van der Waals surface area (Å²) < 4.78 is 26.8. The molecule has 2 aromatic heterocycles. The Kier molecular flexibility index (Phi) is 10.1. The van der Waals surface area contributed by atoms with Crippen LogP contribution >= 0.6 is 0 Å². The van der Waals surface area contributed by atoms with Crippen LogP contribution in [0.2, 0.25) is 0 Å². The van der Waals surface area contributed by atoms with Gasteiger partial charge in [-0.1, -0.05) is 34.1 Å². The second-order valence-electron chi connectivity index (χ2n) is 8.14. The van der Waals surface area contributed by atoms with Crippen molar-refractivity contribution in [1.82, 2.24) is 19.5 Å². The first-order valence-electron chi connectivity index (χ1n) is 12.1. The number of hydrogen-bond acceptors (Lipinski definition) is 8. The van der Waals surface area contributed by atoms with Crippen LogP contribution in [-0.2, 0) is 18.9 Å². The molecule has 1 aliphatic heterocycles. The Morgan fingerprint density at radius 2 is 1.69 bits per heavy atom. The molecule has 1 fully saturated rings. The Morgan fingerprint density at radius 1 is 0.938 bits per heavy atom. The second kappa shape index (κ2) is 13.0. The Labute approximate surface area is 191 Å². The van der Waals surface area contributed by atoms with Crippen LogP contribution in [0.5, 0.6) is 0 Å². The van der Waals surface area contributed by atoms with Crippen molar-refractivity contribution in [2.45, 2.75) is 84.3 Å². The summed E-state index contributed by atoms with van der Waals surface area (Å²) in [5, 5.41) is 3.37. The molecule has 1 N–H and O–H groups in total. The van der Waals surface area contributed by atoms with Crippen molar-refractivity contribution in [3.63, 3.8) is 0 Å². The molecule has 9 heteroatoms. The van der Waals surface area contributed by atoms with E-state index in [2.05, 4.69) is 48.0 Å². The lowest BCUT2D eigenvalue weighted by molar-refractivity contribution is -0.0791. The van der Waals surface area contributed by atoms with Crippen LogP contribution in [0.3, 0.4) is 0 Å². The standard InChI is InChI=1S/C23H39N5O4/c1-5-9-10-24-21-18-22(26-15-25-21)28(16-27-18)23-20(31-13-8-4)19(30-12-7-3)17(32-23)14-29-11-6-2/h15-17,19-20,23H,5-14H2,1-4H3,(H,24,25,26). The maximum atomic E-state index is 6.49. The molecular weight excluding hydrogens is 410 g/mol. The molecule has 0 spiro atoms. The minimum atomic E-state index is -0.401. The summed E-state index contributed by atoms with van der Waals surface area (Å²) >= 11 is 0. The average Bonchev–Trinajstić information content (AvgIpc) is 3.38. The molecule has 4 atom stereocenters. The summed E-state index contributed by atoms with van der Waals surface area (Å²) in [7, 11) is 0. The van der Waals surface area contributed by atoms with E-state index in [4.69, 9.17) is 18.9 Å². The second-order valence-corrected chi connectivity index (χ2v) is 8.14. The van der Waals surface area contributed by atoms with Crippen molar-refractivity contribution in [2.75, 3.05) is 38.3 Å². The topological polar surface area (TPSA) is 92.6 Å². The van der Waals surface area contributed by atoms with Gasteiger partial charge >= 0.3 is 0 Å². The molecule has 9 nitrogen and oxygen atoms in total. The number of hydrogen-bond donors (Lipinski definition) is 1. The molecule has 1 aliphatic rings. The maximum Gasteiger partial charge on any atom is 0.167 e. The summed E-state index contributed by atoms with van der Waals surface area (Å²) in [6.07, 6.45) is 7.21. The molecule has 3 heterocycles. The van der Waals surface area contributed by atoms with Gasteiger partial charge in [0.25, 0.3) is 0 Å². The number of anilines is 1. The lowest BCUT2D eigenvalue weighted by Gasteiger charge is -2.25. The molecule has 180 valence electrons. The summed E-state index contributed by atoms with van der Waals surface area (Å²) in [4.78, 5) is 13.5. The van der Waals surface area contributed by atoms with E-state index in [-0.39, 0.29) is 18.3 Å². The van der Waals surface area contributed by atoms with Crippen LogP contribution in [0.1, 0.15) is 66.0 Å². The van der Waals surface area contributed by atoms with Crippen LogP contribution in [0.15, 0.2) is 12.7 Å². The third-order valence-electron chi connectivity index (χ3n) is 5.40. The van der Waals surface area contributed by atoms with Crippen molar-refractivity contribution < 1.29 is 18.9 Å². The van der Waals surface area contributed by atoms with Gasteiger partial charge in [-0.2, -0.15) is 0 Å². The van der Waals surface area contributed by atoms with Gasteiger partial charge in [0.2, 0.25) is 0 Å². The van der Waals surface area contributed by atoms with Crippen molar-refractivity contribution in [3.05, 3.63) is 12.7 Å². The van der Waals surface area contributed by atoms with Crippen LogP contribution < -0.4 is 5.32 Å². The first-order valence-corrected chi connectivity index (χ1v) is 12.1. The van der Waals surface area contributed by atoms with Gasteiger partial charge in [-0.25, -0.2) is 15.0 Å². The van der Waals surface area contributed by atoms with E-state index in [0.717, 1.165) is 55.6 Å². The van der Waals surface area contributed by atoms with E-state index >= 15 is 0 Å². The maximum absolute atomic E-state index is 6.49. The lowest BCUT2D eigenvalue weighted by atomic mass is 10.1. The zero-order valence-electron chi connectivity index (χ0n) is 20.0. The predicted molar refractivity (Wildman–Crippen MR) is 124 cm³/mol. The van der Waals surface area contributed by atoms with Gasteiger partial charge in [0.1, 0.15) is 24.6 Å². The van der Waals surface area contributed by atoms with Gasteiger partial charge in [0.05, 0.1) is 12.9 Å². The third kappa shape index (κ3) is 5.95. The number of fused-ring (bicyclic) bond motifs is 1. The van der Waals surface area contributed by atoms with Gasteiger partial charge < -0.3 is 24.3 Å². The van der Waals surface area contributed by atoms with E-state index in [1.165, 1.54) is 0 Å². The fourth-order valence-corrected chi connectivity index (χ4v) is 3.85. The van der Waals surface area contributed by atoms with Crippen molar-refractivity contribution in [2.24, 2.45) is 0 Å². The number of rotatable bonds is 15. The van der Waals surface area contributed by atoms with Crippen LogP contribution in [0.25, 0.3) is 11.2 Å². The van der Waals surface area contributed by atoms with Gasteiger partial charge in [0.15, 0.2) is 23.2 Å². The smallest absolute Gasteiger partial charge is 0.167 e. The molecule has 32 heavy (non-hydrogen) atoms. The molecule has 0 amide bonds.